The van der Waals surface area contributed by atoms with Crippen LogP contribution in [0, 0.1) is 5.92 Å². The highest BCUT2D eigenvalue weighted by atomic mass is 32.2. The number of nitrogens with one attached hydrogen (secondary N) is 1. The van der Waals surface area contributed by atoms with E-state index in [9.17, 15) is 8.42 Å². The molecule has 2 rings (SSSR count). The number of hydrogen-bond donors (Lipinski definition) is 1. The van der Waals surface area contributed by atoms with Crippen LogP contribution in [0.25, 0.3) is 0 Å². The van der Waals surface area contributed by atoms with Gasteiger partial charge in [0.1, 0.15) is 0 Å². The van der Waals surface area contributed by atoms with Gasteiger partial charge in [0, 0.05) is 32.3 Å². The molecule has 2 saturated heterocycles. The molecule has 2 heterocycles. The summed E-state index contributed by atoms with van der Waals surface area (Å²) in [6, 6.07) is 0.466. The Labute approximate surface area is 116 Å². The van der Waals surface area contributed by atoms with Crippen LogP contribution < -0.4 is 5.32 Å². The first kappa shape index (κ1) is 15.2. The maximum atomic E-state index is 11.9. The Morgan fingerprint density at radius 2 is 2.00 bits per heavy atom. The first-order chi connectivity index (χ1) is 9.12. The van der Waals surface area contributed by atoms with Gasteiger partial charge >= 0.3 is 0 Å². The molecular weight excluding hydrogens is 264 g/mol. The predicted molar refractivity (Wildman–Crippen MR) is 75.6 cm³/mol. The monoisotopic (exact) mass is 290 g/mol. The van der Waals surface area contributed by atoms with Crippen molar-refractivity contribution >= 4 is 10.0 Å². The van der Waals surface area contributed by atoms with Gasteiger partial charge in [0.2, 0.25) is 10.0 Å². The van der Waals surface area contributed by atoms with Gasteiger partial charge in [-0.05, 0) is 31.6 Å². The van der Waals surface area contributed by atoms with E-state index in [-0.39, 0.29) is 5.75 Å². The van der Waals surface area contributed by atoms with Crippen LogP contribution in [0.1, 0.15) is 32.6 Å². The lowest BCUT2D eigenvalue weighted by Crippen LogP contribution is -2.46. The van der Waals surface area contributed by atoms with E-state index in [1.165, 1.54) is 0 Å². The molecule has 0 aliphatic carbocycles. The van der Waals surface area contributed by atoms with Gasteiger partial charge < -0.3 is 10.1 Å². The Bertz CT molecular complexity index is 358. The van der Waals surface area contributed by atoms with Crippen LogP contribution in [0.3, 0.4) is 0 Å². The van der Waals surface area contributed by atoms with Gasteiger partial charge in [-0.1, -0.05) is 6.92 Å². The van der Waals surface area contributed by atoms with Gasteiger partial charge in [-0.25, -0.2) is 12.7 Å². The molecular formula is C13H26N2O3S. The third-order valence-corrected chi connectivity index (χ3v) is 6.10. The van der Waals surface area contributed by atoms with E-state index in [2.05, 4.69) is 5.32 Å². The van der Waals surface area contributed by atoms with Crippen LogP contribution >= 0.6 is 0 Å². The first-order valence-electron chi connectivity index (χ1n) is 7.40. The molecule has 1 N–H and O–H groups in total. The van der Waals surface area contributed by atoms with Crippen molar-refractivity contribution in [3.05, 3.63) is 0 Å². The summed E-state index contributed by atoms with van der Waals surface area (Å²) in [5.74, 6) is 0.923. The highest BCUT2D eigenvalue weighted by Crippen LogP contribution is 2.16. The Morgan fingerprint density at radius 3 is 2.58 bits per heavy atom. The fourth-order valence-electron chi connectivity index (χ4n) is 2.80. The third kappa shape index (κ3) is 4.41. The van der Waals surface area contributed by atoms with Crippen LogP contribution in [-0.4, -0.2) is 57.4 Å². The van der Waals surface area contributed by atoms with Crippen LogP contribution in [0.15, 0.2) is 0 Å². The van der Waals surface area contributed by atoms with E-state index in [1.54, 1.807) is 4.31 Å². The average Bonchev–Trinajstić information content (AvgIpc) is 2.90. The van der Waals surface area contributed by atoms with Crippen molar-refractivity contribution < 1.29 is 13.2 Å². The summed E-state index contributed by atoms with van der Waals surface area (Å²) >= 11 is 0. The molecule has 0 saturated carbocycles. The third-order valence-electron chi connectivity index (χ3n) is 4.03. The Morgan fingerprint density at radius 1 is 1.26 bits per heavy atom. The molecule has 1 unspecified atom stereocenters. The molecule has 0 spiro atoms. The highest BCUT2D eigenvalue weighted by Gasteiger charge is 2.27. The Balaban J connectivity index is 1.70. The molecule has 6 heteroatoms. The smallest absolute Gasteiger partial charge is 0.214 e. The van der Waals surface area contributed by atoms with Crippen molar-refractivity contribution in [1.29, 1.82) is 0 Å². The minimum Gasteiger partial charge on any atom is -0.381 e. The molecule has 0 aromatic heterocycles. The summed E-state index contributed by atoms with van der Waals surface area (Å²) in [6.45, 7) is 6.01. The van der Waals surface area contributed by atoms with Gasteiger partial charge in [0.05, 0.1) is 12.4 Å². The zero-order valence-electron chi connectivity index (χ0n) is 11.8. The van der Waals surface area contributed by atoms with Crippen molar-refractivity contribution in [2.45, 2.75) is 38.6 Å². The molecule has 0 aromatic carbocycles. The predicted octanol–water partition coefficient (Wildman–Crippen LogP) is 0.817. The standard InChI is InChI=1S/C13H26N2O3S/c1-2-9-19(16,17)15-6-3-13(4-7-15)14-10-12-5-8-18-11-12/h12-14H,2-11H2,1H3. The minimum absolute atomic E-state index is 0.282. The molecule has 2 fully saturated rings. The summed E-state index contributed by atoms with van der Waals surface area (Å²) in [5, 5.41) is 3.57. The Kier molecular flexibility index (Phi) is 5.62. The molecule has 19 heavy (non-hydrogen) atoms. The minimum atomic E-state index is -3.00. The maximum Gasteiger partial charge on any atom is 0.214 e. The molecule has 0 aromatic rings. The van der Waals surface area contributed by atoms with Crippen molar-refractivity contribution in [2.75, 3.05) is 38.6 Å². The van der Waals surface area contributed by atoms with Crippen LogP contribution in [-0.2, 0) is 14.8 Å². The lowest BCUT2D eigenvalue weighted by Gasteiger charge is -2.32. The lowest BCUT2D eigenvalue weighted by atomic mass is 10.0. The molecule has 0 amide bonds. The average molecular weight is 290 g/mol. The molecule has 0 bridgehead atoms. The van der Waals surface area contributed by atoms with E-state index in [0.29, 0.717) is 31.5 Å². The molecule has 2 aliphatic heterocycles. The topological polar surface area (TPSA) is 58.6 Å². The van der Waals surface area contributed by atoms with E-state index < -0.39 is 10.0 Å². The molecule has 112 valence electrons. The second-order valence-corrected chi connectivity index (χ2v) is 7.72. The number of nitrogens with zero attached hydrogens (tertiary/aromatic N) is 1. The van der Waals surface area contributed by atoms with Crippen LogP contribution in [0.5, 0.6) is 0 Å². The fourth-order valence-corrected chi connectivity index (χ4v) is 4.34. The number of piperidine rings is 1. The number of ether oxygens (including phenoxy) is 1. The van der Waals surface area contributed by atoms with Crippen molar-refractivity contribution in [1.82, 2.24) is 9.62 Å². The number of sulfonamides is 1. The summed E-state index contributed by atoms with van der Waals surface area (Å²) in [5.41, 5.74) is 0. The molecule has 2 aliphatic rings. The second-order valence-electron chi connectivity index (χ2n) is 5.63. The van der Waals surface area contributed by atoms with E-state index in [0.717, 1.165) is 39.0 Å². The number of rotatable bonds is 6. The van der Waals surface area contributed by atoms with Crippen LogP contribution in [0.2, 0.25) is 0 Å². The summed E-state index contributed by atoms with van der Waals surface area (Å²) < 4.78 is 30.9. The highest BCUT2D eigenvalue weighted by molar-refractivity contribution is 7.89. The van der Waals surface area contributed by atoms with Crippen LogP contribution in [0.4, 0.5) is 0 Å². The molecule has 0 radical (unpaired) electrons. The zero-order chi connectivity index (χ0) is 13.7. The second kappa shape index (κ2) is 7.02. The Hall–Kier alpha value is -0.170. The van der Waals surface area contributed by atoms with Crippen molar-refractivity contribution in [3.8, 4) is 0 Å². The zero-order valence-corrected chi connectivity index (χ0v) is 12.6. The first-order valence-corrected chi connectivity index (χ1v) is 9.01. The largest absolute Gasteiger partial charge is 0.381 e. The fraction of sp³-hybridized carbons (Fsp3) is 1.00. The quantitative estimate of drug-likeness (QED) is 0.787. The summed E-state index contributed by atoms with van der Waals surface area (Å²) in [4.78, 5) is 0. The SMILES string of the molecule is CCCS(=O)(=O)N1CCC(NCC2CCOC2)CC1. The van der Waals surface area contributed by atoms with Gasteiger partial charge in [-0.3, -0.25) is 0 Å². The van der Waals surface area contributed by atoms with Crippen molar-refractivity contribution in [3.63, 3.8) is 0 Å². The van der Waals surface area contributed by atoms with Gasteiger partial charge in [-0.15, -0.1) is 0 Å². The van der Waals surface area contributed by atoms with Gasteiger partial charge in [0.25, 0.3) is 0 Å². The van der Waals surface area contributed by atoms with Crippen molar-refractivity contribution in [2.24, 2.45) is 5.92 Å². The number of hydrogen-bond acceptors (Lipinski definition) is 4. The van der Waals surface area contributed by atoms with E-state index in [1.807, 2.05) is 6.92 Å². The van der Waals surface area contributed by atoms with E-state index in [4.69, 9.17) is 4.74 Å². The molecule has 5 nitrogen and oxygen atoms in total. The van der Waals surface area contributed by atoms with E-state index >= 15 is 0 Å². The summed E-state index contributed by atoms with van der Waals surface area (Å²) in [6.07, 6.45) is 3.70. The normalized spacial score (nSPS) is 26.9. The molecule has 1 atom stereocenters. The van der Waals surface area contributed by atoms with Gasteiger partial charge in [0.15, 0.2) is 0 Å². The summed E-state index contributed by atoms with van der Waals surface area (Å²) in [7, 11) is -3.00. The van der Waals surface area contributed by atoms with Gasteiger partial charge in [-0.2, -0.15) is 0 Å². The maximum absolute atomic E-state index is 11.9. The lowest BCUT2D eigenvalue weighted by molar-refractivity contribution is 0.183.